The Morgan fingerprint density at radius 1 is 1.05 bits per heavy atom. The number of halogens is 4. The van der Waals surface area contributed by atoms with Gasteiger partial charge in [0, 0.05) is 0 Å². The molecule has 0 saturated heterocycles. The summed E-state index contributed by atoms with van der Waals surface area (Å²) in [7, 11) is 0. The fourth-order valence-corrected chi connectivity index (χ4v) is 2.05. The standard InChI is InChI=1S/C15H9F4N/c16-11-4-1-3-10(9-11)12-5-2-6-14(15(17,18)19)13(12)7-8-20/h1-6,9H,7H2. The third-order valence-electron chi connectivity index (χ3n) is 2.87. The highest BCUT2D eigenvalue weighted by atomic mass is 19.4. The van der Waals surface area contributed by atoms with Gasteiger partial charge in [0.1, 0.15) is 5.82 Å². The lowest BCUT2D eigenvalue weighted by atomic mass is 9.93. The maximum Gasteiger partial charge on any atom is 0.416 e. The number of hydrogen-bond donors (Lipinski definition) is 0. The molecule has 0 aromatic heterocycles. The Morgan fingerprint density at radius 2 is 1.75 bits per heavy atom. The predicted molar refractivity (Wildman–Crippen MR) is 66.2 cm³/mol. The summed E-state index contributed by atoms with van der Waals surface area (Å²) >= 11 is 0. The van der Waals surface area contributed by atoms with Crippen molar-refractivity contribution in [1.82, 2.24) is 0 Å². The average molecular weight is 279 g/mol. The predicted octanol–water partition coefficient (Wildman–Crippen LogP) is 4.58. The van der Waals surface area contributed by atoms with E-state index in [9.17, 15) is 17.6 Å². The molecular weight excluding hydrogens is 270 g/mol. The van der Waals surface area contributed by atoms with Crippen molar-refractivity contribution in [2.24, 2.45) is 0 Å². The molecule has 0 aliphatic carbocycles. The number of alkyl halides is 3. The number of benzene rings is 2. The molecule has 102 valence electrons. The zero-order valence-electron chi connectivity index (χ0n) is 10.2. The third-order valence-corrected chi connectivity index (χ3v) is 2.87. The van der Waals surface area contributed by atoms with E-state index in [1.54, 1.807) is 6.07 Å². The summed E-state index contributed by atoms with van der Waals surface area (Å²) in [5.74, 6) is -0.539. The van der Waals surface area contributed by atoms with Crippen molar-refractivity contribution in [3.05, 3.63) is 59.4 Å². The summed E-state index contributed by atoms with van der Waals surface area (Å²) in [6.07, 6.45) is -4.93. The molecule has 5 heteroatoms. The Kier molecular flexibility index (Phi) is 3.75. The van der Waals surface area contributed by atoms with E-state index in [1.807, 2.05) is 0 Å². The molecule has 0 unspecified atom stereocenters. The van der Waals surface area contributed by atoms with Crippen LogP contribution < -0.4 is 0 Å². The Labute approximate surface area is 113 Å². The summed E-state index contributed by atoms with van der Waals surface area (Å²) in [5, 5.41) is 8.74. The van der Waals surface area contributed by atoms with E-state index in [0.29, 0.717) is 5.56 Å². The minimum atomic E-state index is -4.55. The fraction of sp³-hybridized carbons (Fsp3) is 0.133. The molecule has 1 nitrogen and oxygen atoms in total. The van der Waals surface area contributed by atoms with Crippen LogP contribution in [0, 0.1) is 17.1 Å². The Balaban J connectivity index is 2.68. The molecule has 0 aliphatic rings. The van der Waals surface area contributed by atoms with Crippen LogP contribution in [-0.2, 0) is 12.6 Å². The van der Waals surface area contributed by atoms with E-state index in [0.717, 1.165) is 12.1 Å². The van der Waals surface area contributed by atoms with Crippen LogP contribution in [0.3, 0.4) is 0 Å². The number of hydrogen-bond acceptors (Lipinski definition) is 1. The second-order valence-electron chi connectivity index (χ2n) is 4.17. The van der Waals surface area contributed by atoms with E-state index in [2.05, 4.69) is 0 Å². The first-order valence-electron chi connectivity index (χ1n) is 5.75. The molecule has 0 heterocycles. The van der Waals surface area contributed by atoms with Crippen molar-refractivity contribution >= 4 is 0 Å². The molecule has 20 heavy (non-hydrogen) atoms. The summed E-state index contributed by atoms with van der Waals surface area (Å²) in [5.41, 5.74) is -0.448. The molecule has 0 amide bonds. The van der Waals surface area contributed by atoms with E-state index in [4.69, 9.17) is 5.26 Å². The van der Waals surface area contributed by atoms with Gasteiger partial charge in [-0.25, -0.2) is 4.39 Å². The molecule has 2 rings (SSSR count). The Bertz CT molecular complexity index is 668. The molecule has 0 atom stereocenters. The van der Waals surface area contributed by atoms with Gasteiger partial charge in [-0.1, -0.05) is 24.3 Å². The molecule has 0 radical (unpaired) electrons. The summed E-state index contributed by atoms with van der Waals surface area (Å²) < 4.78 is 52.1. The number of nitriles is 1. The topological polar surface area (TPSA) is 23.8 Å². The number of rotatable bonds is 2. The summed E-state index contributed by atoms with van der Waals surface area (Å²) in [4.78, 5) is 0. The summed E-state index contributed by atoms with van der Waals surface area (Å²) in [6.45, 7) is 0. The third kappa shape index (κ3) is 2.80. The lowest BCUT2D eigenvalue weighted by Gasteiger charge is -2.15. The molecule has 2 aromatic rings. The molecule has 0 bridgehead atoms. The van der Waals surface area contributed by atoms with E-state index in [-0.39, 0.29) is 17.5 Å². The second-order valence-corrected chi connectivity index (χ2v) is 4.17. The van der Waals surface area contributed by atoms with Gasteiger partial charge in [-0.2, -0.15) is 18.4 Å². The van der Waals surface area contributed by atoms with Crippen molar-refractivity contribution < 1.29 is 17.6 Å². The Hall–Kier alpha value is -2.35. The van der Waals surface area contributed by atoms with E-state index < -0.39 is 17.6 Å². The van der Waals surface area contributed by atoms with Crippen LogP contribution in [0.15, 0.2) is 42.5 Å². The minimum absolute atomic E-state index is 0.131. The first-order valence-corrected chi connectivity index (χ1v) is 5.75. The lowest BCUT2D eigenvalue weighted by Crippen LogP contribution is -2.10. The smallest absolute Gasteiger partial charge is 0.207 e. The van der Waals surface area contributed by atoms with Gasteiger partial charge >= 0.3 is 6.18 Å². The van der Waals surface area contributed by atoms with Crippen molar-refractivity contribution in [3.8, 4) is 17.2 Å². The van der Waals surface area contributed by atoms with E-state index >= 15 is 0 Å². The zero-order valence-corrected chi connectivity index (χ0v) is 10.2. The number of nitrogens with zero attached hydrogens (tertiary/aromatic N) is 1. The first kappa shape index (κ1) is 14.1. The average Bonchev–Trinajstić information content (AvgIpc) is 2.38. The van der Waals surface area contributed by atoms with Crippen LogP contribution in [0.4, 0.5) is 17.6 Å². The second kappa shape index (κ2) is 5.33. The quantitative estimate of drug-likeness (QED) is 0.738. The molecular formula is C15H9F4N. The van der Waals surface area contributed by atoms with Crippen LogP contribution in [0.5, 0.6) is 0 Å². The van der Waals surface area contributed by atoms with Gasteiger partial charge in [-0.05, 0) is 34.9 Å². The van der Waals surface area contributed by atoms with Gasteiger partial charge in [0.15, 0.2) is 0 Å². The van der Waals surface area contributed by atoms with Gasteiger partial charge in [0.05, 0.1) is 18.1 Å². The molecule has 0 spiro atoms. The molecule has 0 fully saturated rings. The van der Waals surface area contributed by atoms with Crippen molar-refractivity contribution in [2.45, 2.75) is 12.6 Å². The van der Waals surface area contributed by atoms with Crippen LogP contribution in [0.2, 0.25) is 0 Å². The normalized spacial score (nSPS) is 11.2. The highest BCUT2D eigenvalue weighted by molar-refractivity contribution is 5.69. The molecule has 0 saturated carbocycles. The fourth-order valence-electron chi connectivity index (χ4n) is 2.05. The molecule has 2 aromatic carbocycles. The Morgan fingerprint density at radius 3 is 2.35 bits per heavy atom. The van der Waals surface area contributed by atoms with Crippen LogP contribution in [0.25, 0.3) is 11.1 Å². The van der Waals surface area contributed by atoms with Crippen molar-refractivity contribution in [3.63, 3.8) is 0 Å². The van der Waals surface area contributed by atoms with Crippen LogP contribution in [0.1, 0.15) is 11.1 Å². The minimum Gasteiger partial charge on any atom is -0.207 e. The zero-order chi connectivity index (χ0) is 14.8. The van der Waals surface area contributed by atoms with Gasteiger partial charge < -0.3 is 0 Å². The van der Waals surface area contributed by atoms with Crippen molar-refractivity contribution in [2.75, 3.05) is 0 Å². The van der Waals surface area contributed by atoms with Crippen molar-refractivity contribution in [1.29, 1.82) is 5.26 Å². The van der Waals surface area contributed by atoms with E-state index in [1.165, 1.54) is 30.3 Å². The van der Waals surface area contributed by atoms with Crippen LogP contribution in [-0.4, -0.2) is 0 Å². The van der Waals surface area contributed by atoms with Gasteiger partial charge in [-0.15, -0.1) is 0 Å². The van der Waals surface area contributed by atoms with Gasteiger partial charge in [0.25, 0.3) is 0 Å². The SMILES string of the molecule is N#CCc1c(-c2cccc(F)c2)cccc1C(F)(F)F. The monoisotopic (exact) mass is 279 g/mol. The van der Waals surface area contributed by atoms with Gasteiger partial charge in [-0.3, -0.25) is 0 Å². The highest BCUT2D eigenvalue weighted by Gasteiger charge is 2.34. The van der Waals surface area contributed by atoms with Gasteiger partial charge in [0.2, 0.25) is 0 Å². The largest absolute Gasteiger partial charge is 0.416 e. The highest BCUT2D eigenvalue weighted by Crippen LogP contribution is 2.37. The maximum atomic E-state index is 13.2. The molecule has 0 aliphatic heterocycles. The molecule has 0 N–H and O–H groups in total. The van der Waals surface area contributed by atoms with Crippen LogP contribution >= 0.6 is 0 Å². The lowest BCUT2D eigenvalue weighted by molar-refractivity contribution is -0.138. The maximum absolute atomic E-state index is 13.2. The first-order chi connectivity index (χ1) is 9.43. The summed E-state index contributed by atoms with van der Waals surface area (Å²) in [6, 6.07) is 10.7.